The van der Waals surface area contributed by atoms with Crippen LogP contribution in [0.15, 0.2) is 52.3 Å². The number of esters is 1. The van der Waals surface area contributed by atoms with Gasteiger partial charge >= 0.3 is 5.97 Å². The monoisotopic (exact) mass is 395 g/mol. The van der Waals surface area contributed by atoms with E-state index in [2.05, 4.69) is 4.98 Å². The van der Waals surface area contributed by atoms with E-state index < -0.39 is 5.97 Å². The van der Waals surface area contributed by atoms with Gasteiger partial charge in [-0.1, -0.05) is 43.3 Å². The molecule has 0 bridgehead atoms. The minimum absolute atomic E-state index is 0.0629. The van der Waals surface area contributed by atoms with Gasteiger partial charge in [-0.25, -0.2) is 9.78 Å². The van der Waals surface area contributed by atoms with Crippen molar-refractivity contribution in [2.75, 3.05) is 7.11 Å². The number of ether oxygens (including phenoxy) is 1. The molecule has 0 unspecified atom stereocenters. The van der Waals surface area contributed by atoms with E-state index >= 15 is 0 Å². The Hall–Kier alpha value is -2.86. The zero-order valence-electron chi connectivity index (χ0n) is 16.0. The molecular formula is C22H21NO4S. The predicted molar refractivity (Wildman–Crippen MR) is 109 cm³/mol. The smallest absolute Gasteiger partial charge is 0.356 e. The number of aryl methyl sites for hydroxylation is 1. The van der Waals surface area contributed by atoms with Crippen LogP contribution in [0.3, 0.4) is 0 Å². The number of carbonyl (C=O) groups is 2. The summed E-state index contributed by atoms with van der Waals surface area (Å²) >= 11 is 1.47. The maximum atomic E-state index is 12.2. The molecular weight excluding hydrogens is 374 g/mol. The standard InChI is InChI=1S/C22H21NO4S/c1-4-8-15-20-17(11-16(13(2)24)21(15)25)19(12-18(23-20)22(26)27-3)28-14-9-6-5-7-10-14/h5-7,9-12,25H,4,8H2,1-3H3. The number of Topliss-reactive ketones (excluding diaryl/α,β-unsaturated/α-hetero) is 1. The summed E-state index contributed by atoms with van der Waals surface area (Å²) in [7, 11) is 1.31. The molecule has 28 heavy (non-hydrogen) atoms. The van der Waals surface area contributed by atoms with Gasteiger partial charge in [0.15, 0.2) is 5.78 Å². The van der Waals surface area contributed by atoms with Crippen LogP contribution in [0, 0.1) is 0 Å². The van der Waals surface area contributed by atoms with Crippen LogP contribution in [0.4, 0.5) is 0 Å². The van der Waals surface area contributed by atoms with Crippen molar-refractivity contribution in [1.29, 1.82) is 0 Å². The number of aromatic hydroxyl groups is 1. The average molecular weight is 395 g/mol. The maximum absolute atomic E-state index is 12.2. The maximum Gasteiger partial charge on any atom is 0.356 e. The highest BCUT2D eigenvalue weighted by Crippen LogP contribution is 2.39. The van der Waals surface area contributed by atoms with Crippen LogP contribution in [0.1, 0.15) is 46.7 Å². The fourth-order valence-corrected chi connectivity index (χ4v) is 4.04. The molecule has 6 heteroatoms. The van der Waals surface area contributed by atoms with Gasteiger partial charge < -0.3 is 9.84 Å². The molecule has 0 spiro atoms. The lowest BCUT2D eigenvalue weighted by Crippen LogP contribution is -2.07. The molecule has 0 atom stereocenters. The number of ketones is 1. The number of phenolic OH excluding ortho intramolecular Hbond substituents is 1. The van der Waals surface area contributed by atoms with Gasteiger partial charge in [0.25, 0.3) is 0 Å². The summed E-state index contributed by atoms with van der Waals surface area (Å²) in [4.78, 5) is 30.5. The molecule has 1 heterocycles. The molecule has 2 aromatic carbocycles. The second-order valence-corrected chi connectivity index (χ2v) is 7.48. The molecule has 0 aliphatic carbocycles. The summed E-state index contributed by atoms with van der Waals surface area (Å²) in [5, 5.41) is 11.4. The van der Waals surface area contributed by atoms with Gasteiger partial charge in [-0.05, 0) is 37.6 Å². The van der Waals surface area contributed by atoms with Crippen molar-refractivity contribution in [3.63, 3.8) is 0 Å². The molecule has 0 saturated heterocycles. The van der Waals surface area contributed by atoms with Crippen molar-refractivity contribution in [2.24, 2.45) is 0 Å². The van der Waals surface area contributed by atoms with Crippen molar-refractivity contribution in [3.8, 4) is 5.75 Å². The molecule has 1 N–H and O–H groups in total. The Morgan fingerprint density at radius 1 is 1.18 bits per heavy atom. The van der Waals surface area contributed by atoms with Crippen molar-refractivity contribution in [3.05, 3.63) is 59.3 Å². The average Bonchev–Trinajstić information content (AvgIpc) is 2.69. The van der Waals surface area contributed by atoms with Crippen molar-refractivity contribution in [2.45, 2.75) is 36.5 Å². The topological polar surface area (TPSA) is 76.5 Å². The number of fused-ring (bicyclic) bond motifs is 1. The zero-order chi connectivity index (χ0) is 20.3. The summed E-state index contributed by atoms with van der Waals surface area (Å²) in [6, 6.07) is 13.1. The first-order chi connectivity index (χ1) is 13.5. The highest BCUT2D eigenvalue weighted by Gasteiger charge is 2.21. The molecule has 144 valence electrons. The number of nitrogens with zero attached hydrogens (tertiary/aromatic N) is 1. The highest BCUT2D eigenvalue weighted by atomic mass is 32.2. The van der Waals surface area contributed by atoms with Crippen molar-refractivity contribution in [1.82, 2.24) is 4.98 Å². The molecule has 0 aliphatic heterocycles. The molecule has 0 fully saturated rings. The van der Waals surface area contributed by atoms with E-state index in [0.29, 0.717) is 17.5 Å². The second kappa shape index (κ2) is 8.44. The molecule has 0 aliphatic rings. The number of phenols is 1. The molecule has 3 aromatic rings. The lowest BCUT2D eigenvalue weighted by atomic mass is 9.98. The van der Waals surface area contributed by atoms with Crippen LogP contribution >= 0.6 is 11.8 Å². The van der Waals surface area contributed by atoms with Gasteiger partial charge in [0, 0.05) is 20.7 Å². The molecule has 1 aromatic heterocycles. The van der Waals surface area contributed by atoms with Gasteiger partial charge in [-0.3, -0.25) is 4.79 Å². The van der Waals surface area contributed by atoms with Gasteiger partial charge in [0.1, 0.15) is 11.4 Å². The zero-order valence-corrected chi connectivity index (χ0v) is 16.8. The lowest BCUT2D eigenvalue weighted by Gasteiger charge is -2.15. The molecule has 0 saturated carbocycles. The lowest BCUT2D eigenvalue weighted by molar-refractivity contribution is 0.0594. The first-order valence-corrected chi connectivity index (χ1v) is 9.79. The molecule has 3 rings (SSSR count). The Morgan fingerprint density at radius 2 is 1.89 bits per heavy atom. The number of aromatic nitrogens is 1. The second-order valence-electron chi connectivity index (χ2n) is 6.37. The first-order valence-electron chi connectivity index (χ1n) is 8.98. The normalized spacial score (nSPS) is 10.8. The molecule has 5 nitrogen and oxygen atoms in total. The van der Waals surface area contributed by atoms with Crippen molar-refractivity contribution >= 4 is 34.4 Å². The van der Waals surface area contributed by atoms with Crippen LogP contribution in [-0.2, 0) is 11.2 Å². The highest BCUT2D eigenvalue weighted by molar-refractivity contribution is 7.99. The van der Waals surface area contributed by atoms with Crippen LogP contribution in [-0.4, -0.2) is 29.0 Å². The van der Waals surface area contributed by atoms with Crippen LogP contribution in [0.5, 0.6) is 5.75 Å². The number of rotatable bonds is 6. The molecule has 0 radical (unpaired) electrons. The number of hydrogen-bond acceptors (Lipinski definition) is 6. The SMILES string of the molecule is CCCc1c(O)c(C(C)=O)cc2c(Sc3ccccc3)cc(C(=O)OC)nc12. The van der Waals surface area contributed by atoms with E-state index in [9.17, 15) is 14.7 Å². The van der Waals surface area contributed by atoms with E-state index in [1.807, 2.05) is 37.3 Å². The number of pyridine rings is 1. The Labute approximate surface area is 167 Å². The van der Waals surface area contributed by atoms with E-state index in [1.165, 1.54) is 25.8 Å². The summed E-state index contributed by atoms with van der Waals surface area (Å²) in [6.07, 6.45) is 1.30. The van der Waals surface area contributed by atoms with Gasteiger partial charge in [0.2, 0.25) is 0 Å². The summed E-state index contributed by atoms with van der Waals surface area (Å²) in [5.74, 6) is -0.828. The number of benzene rings is 2. The van der Waals surface area contributed by atoms with Gasteiger partial charge in [0.05, 0.1) is 18.2 Å². The fraction of sp³-hybridized carbons (Fsp3) is 0.227. The quantitative estimate of drug-likeness (QED) is 0.466. The third kappa shape index (κ3) is 3.87. The van der Waals surface area contributed by atoms with E-state index in [-0.39, 0.29) is 22.8 Å². The van der Waals surface area contributed by atoms with E-state index in [0.717, 1.165) is 21.6 Å². The minimum atomic E-state index is -0.547. The Balaban J connectivity index is 2.34. The van der Waals surface area contributed by atoms with E-state index in [1.54, 1.807) is 12.1 Å². The molecule has 0 amide bonds. The minimum Gasteiger partial charge on any atom is -0.507 e. The summed E-state index contributed by atoms with van der Waals surface area (Å²) in [6.45, 7) is 3.41. The van der Waals surface area contributed by atoms with E-state index in [4.69, 9.17) is 4.74 Å². The number of carbonyl (C=O) groups excluding carboxylic acids is 2. The van der Waals surface area contributed by atoms with Crippen molar-refractivity contribution < 1.29 is 19.4 Å². The Bertz CT molecular complexity index is 1050. The largest absolute Gasteiger partial charge is 0.507 e. The van der Waals surface area contributed by atoms with Crippen LogP contribution in [0.25, 0.3) is 10.9 Å². The first kappa shape index (κ1) is 19.9. The third-order valence-electron chi connectivity index (χ3n) is 4.38. The summed E-state index contributed by atoms with van der Waals surface area (Å²) in [5.41, 5.74) is 1.52. The predicted octanol–water partition coefficient (Wildman–Crippen LogP) is 5.03. The Morgan fingerprint density at radius 3 is 2.50 bits per heavy atom. The van der Waals surface area contributed by atoms with Gasteiger partial charge in [-0.2, -0.15) is 0 Å². The van der Waals surface area contributed by atoms with Crippen LogP contribution < -0.4 is 0 Å². The number of methoxy groups -OCH3 is 1. The fourth-order valence-electron chi connectivity index (χ4n) is 3.05. The van der Waals surface area contributed by atoms with Crippen LogP contribution in [0.2, 0.25) is 0 Å². The van der Waals surface area contributed by atoms with Gasteiger partial charge in [-0.15, -0.1) is 0 Å². The Kier molecular flexibility index (Phi) is 5.99. The number of hydrogen-bond donors (Lipinski definition) is 1. The third-order valence-corrected chi connectivity index (χ3v) is 5.45. The summed E-state index contributed by atoms with van der Waals surface area (Å²) < 4.78 is 4.86.